The van der Waals surface area contributed by atoms with Gasteiger partial charge in [0.15, 0.2) is 0 Å². The largest absolute Gasteiger partial charge is 0.369 e. The SMILES string of the molecule is Cc1cc(NC(=O)C(C)(C)C)sc1C(=O)Nc1ccc(CCN2CCC(C(N)=O)CC2)cc1. The fraction of sp³-hybridized carbons (Fsp3) is 0.480. The number of hydrogen-bond acceptors (Lipinski definition) is 5. The van der Waals surface area contributed by atoms with E-state index in [9.17, 15) is 14.4 Å². The molecule has 8 heteroatoms. The van der Waals surface area contributed by atoms with Gasteiger partial charge in [-0.3, -0.25) is 14.4 Å². The van der Waals surface area contributed by atoms with Crippen LogP contribution in [0.3, 0.4) is 0 Å². The van der Waals surface area contributed by atoms with E-state index in [1.54, 1.807) is 0 Å². The lowest BCUT2D eigenvalue weighted by Crippen LogP contribution is -2.39. The van der Waals surface area contributed by atoms with Crippen LogP contribution in [0.25, 0.3) is 0 Å². The zero-order chi connectivity index (χ0) is 24.2. The normalized spacial score (nSPS) is 15.3. The van der Waals surface area contributed by atoms with Crippen molar-refractivity contribution in [3.05, 3.63) is 46.3 Å². The minimum Gasteiger partial charge on any atom is -0.369 e. The fourth-order valence-electron chi connectivity index (χ4n) is 3.74. The second kappa shape index (κ2) is 10.5. The Bertz CT molecular complexity index is 1000. The molecule has 0 unspecified atom stereocenters. The lowest BCUT2D eigenvalue weighted by atomic mass is 9.96. The lowest BCUT2D eigenvalue weighted by Gasteiger charge is -2.30. The van der Waals surface area contributed by atoms with Gasteiger partial charge in [-0.15, -0.1) is 11.3 Å². The van der Waals surface area contributed by atoms with E-state index in [-0.39, 0.29) is 23.6 Å². The van der Waals surface area contributed by atoms with E-state index in [0.29, 0.717) is 9.88 Å². The molecular formula is C25H34N4O3S. The van der Waals surface area contributed by atoms with Crippen LogP contribution in [0.4, 0.5) is 10.7 Å². The van der Waals surface area contributed by atoms with Crippen LogP contribution in [-0.2, 0) is 16.0 Å². The molecule has 2 heterocycles. The van der Waals surface area contributed by atoms with Crippen molar-refractivity contribution in [3.63, 3.8) is 0 Å². The highest BCUT2D eigenvalue weighted by atomic mass is 32.1. The van der Waals surface area contributed by atoms with Crippen LogP contribution in [0.2, 0.25) is 0 Å². The van der Waals surface area contributed by atoms with E-state index in [1.165, 1.54) is 16.9 Å². The maximum Gasteiger partial charge on any atom is 0.266 e. The van der Waals surface area contributed by atoms with Crippen LogP contribution in [-0.4, -0.2) is 42.3 Å². The summed E-state index contributed by atoms with van der Waals surface area (Å²) in [5.74, 6) is -0.430. The highest BCUT2D eigenvalue weighted by Gasteiger charge is 2.24. The maximum atomic E-state index is 12.8. The number of nitrogens with zero attached hydrogens (tertiary/aromatic N) is 1. The van der Waals surface area contributed by atoms with Gasteiger partial charge in [0.25, 0.3) is 5.91 Å². The molecule has 3 rings (SSSR count). The summed E-state index contributed by atoms with van der Waals surface area (Å²) in [6.07, 6.45) is 2.59. The first-order chi connectivity index (χ1) is 15.5. The summed E-state index contributed by atoms with van der Waals surface area (Å²) in [5, 5.41) is 6.51. The Morgan fingerprint density at radius 2 is 1.73 bits per heavy atom. The number of nitrogens with one attached hydrogen (secondary N) is 2. The molecular weight excluding hydrogens is 436 g/mol. The van der Waals surface area contributed by atoms with Gasteiger partial charge in [0.1, 0.15) is 0 Å². The molecule has 1 aromatic carbocycles. The predicted molar refractivity (Wildman–Crippen MR) is 134 cm³/mol. The first-order valence-corrected chi connectivity index (χ1v) is 12.2. The van der Waals surface area contributed by atoms with E-state index in [0.717, 1.165) is 50.1 Å². The van der Waals surface area contributed by atoms with Gasteiger partial charge < -0.3 is 21.3 Å². The van der Waals surface area contributed by atoms with Gasteiger partial charge in [0, 0.05) is 23.6 Å². The number of primary amides is 1. The molecule has 0 spiro atoms. The standard InChI is InChI=1S/C25H34N4O3S/c1-16-15-20(28-24(32)25(2,3)4)33-21(16)23(31)27-19-7-5-17(6-8-19)9-12-29-13-10-18(11-14-29)22(26)30/h5-8,15,18H,9-14H2,1-4H3,(H2,26,30)(H,27,31)(H,28,32). The van der Waals surface area contributed by atoms with Gasteiger partial charge in [0.05, 0.1) is 9.88 Å². The molecule has 0 bridgehead atoms. The molecule has 33 heavy (non-hydrogen) atoms. The summed E-state index contributed by atoms with van der Waals surface area (Å²) in [5.41, 5.74) is 7.67. The maximum absolute atomic E-state index is 12.8. The van der Waals surface area contributed by atoms with E-state index in [4.69, 9.17) is 5.73 Å². The minimum atomic E-state index is -0.498. The molecule has 0 radical (unpaired) electrons. The number of rotatable bonds is 7. The van der Waals surface area contributed by atoms with Crippen LogP contribution in [0, 0.1) is 18.3 Å². The van der Waals surface area contributed by atoms with Crippen molar-refractivity contribution in [2.24, 2.45) is 17.1 Å². The third-order valence-electron chi connectivity index (χ3n) is 5.96. The van der Waals surface area contributed by atoms with E-state index >= 15 is 0 Å². The van der Waals surface area contributed by atoms with Gasteiger partial charge in [0.2, 0.25) is 11.8 Å². The number of likely N-dealkylation sites (tertiary alicyclic amines) is 1. The number of amides is 3. The van der Waals surface area contributed by atoms with Crippen LogP contribution in [0.15, 0.2) is 30.3 Å². The number of aryl methyl sites for hydroxylation is 1. The first-order valence-electron chi connectivity index (χ1n) is 11.4. The summed E-state index contributed by atoms with van der Waals surface area (Å²) >= 11 is 1.28. The van der Waals surface area contributed by atoms with Crippen molar-refractivity contribution in [2.75, 3.05) is 30.3 Å². The summed E-state index contributed by atoms with van der Waals surface area (Å²) in [7, 11) is 0. The van der Waals surface area contributed by atoms with Crippen LogP contribution >= 0.6 is 11.3 Å². The monoisotopic (exact) mass is 470 g/mol. The van der Waals surface area contributed by atoms with Crippen molar-refractivity contribution in [1.82, 2.24) is 4.90 Å². The Labute approximate surface area is 199 Å². The molecule has 7 nitrogen and oxygen atoms in total. The highest BCUT2D eigenvalue weighted by molar-refractivity contribution is 7.18. The highest BCUT2D eigenvalue weighted by Crippen LogP contribution is 2.29. The molecule has 1 saturated heterocycles. The summed E-state index contributed by atoms with van der Waals surface area (Å²) in [6, 6.07) is 9.72. The third kappa shape index (κ3) is 6.88. The van der Waals surface area contributed by atoms with Crippen molar-refractivity contribution in [3.8, 4) is 0 Å². The van der Waals surface area contributed by atoms with Gasteiger partial charge in [-0.05, 0) is 68.6 Å². The molecule has 1 aliphatic rings. The van der Waals surface area contributed by atoms with E-state index in [1.807, 2.05) is 58.0 Å². The number of thiophene rings is 1. The molecule has 1 aliphatic heterocycles. The van der Waals surface area contributed by atoms with Crippen molar-refractivity contribution >= 4 is 39.7 Å². The third-order valence-corrected chi connectivity index (χ3v) is 7.11. The smallest absolute Gasteiger partial charge is 0.266 e. The Balaban J connectivity index is 1.51. The van der Waals surface area contributed by atoms with Gasteiger partial charge in [-0.1, -0.05) is 32.9 Å². The van der Waals surface area contributed by atoms with Crippen LogP contribution in [0.5, 0.6) is 0 Å². The number of piperidine rings is 1. The van der Waals surface area contributed by atoms with Gasteiger partial charge >= 0.3 is 0 Å². The number of carbonyl (C=O) groups is 3. The molecule has 0 saturated carbocycles. The number of benzene rings is 1. The zero-order valence-electron chi connectivity index (χ0n) is 19.9. The second-order valence-corrected chi connectivity index (χ2v) is 10.8. The average Bonchev–Trinajstić information content (AvgIpc) is 3.13. The van der Waals surface area contributed by atoms with Crippen molar-refractivity contribution < 1.29 is 14.4 Å². The second-order valence-electron chi connectivity index (χ2n) is 9.75. The Hall–Kier alpha value is -2.71. The van der Waals surface area contributed by atoms with Crippen molar-refractivity contribution in [1.29, 1.82) is 0 Å². The Kier molecular flexibility index (Phi) is 7.92. The molecule has 2 aromatic rings. The van der Waals surface area contributed by atoms with Crippen LogP contribution < -0.4 is 16.4 Å². The molecule has 1 aromatic heterocycles. The number of hydrogen-bond donors (Lipinski definition) is 3. The number of anilines is 2. The average molecular weight is 471 g/mol. The molecule has 0 atom stereocenters. The summed E-state index contributed by atoms with van der Waals surface area (Å²) in [4.78, 5) is 39.2. The molecule has 178 valence electrons. The summed E-state index contributed by atoms with van der Waals surface area (Å²) in [6.45, 7) is 10.2. The topological polar surface area (TPSA) is 105 Å². The zero-order valence-corrected chi connectivity index (χ0v) is 20.7. The molecule has 4 N–H and O–H groups in total. The minimum absolute atomic E-state index is 0.0157. The van der Waals surface area contributed by atoms with Gasteiger partial charge in [-0.25, -0.2) is 0 Å². The number of nitrogens with two attached hydrogens (primary N) is 1. The van der Waals surface area contributed by atoms with Crippen molar-refractivity contribution in [2.45, 2.75) is 47.0 Å². The predicted octanol–water partition coefficient (Wildman–Crippen LogP) is 4.03. The molecule has 1 fully saturated rings. The lowest BCUT2D eigenvalue weighted by molar-refractivity contribution is -0.123. The molecule has 3 amide bonds. The molecule has 0 aliphatic carbocycles. The fourth-order valence-corrected chi connectivity index (χ4v) is 4.70. The van der Waals surface area contributed by atoms with Gasteiger partial charge in [-0.2, -0.15) is 0 Å². The quantitative estimate of drug-likeness (QED) is 0.568. The Morgan fingerprint density at radius 3 is 2.30 bits per heavy atom. The number of carbonyl (C=O) groups excluding carboxylic acids is 3. The van der Waals surface area contributed by atoms with E-state index < -0.39 is 5.41 Å². The summed E-state index contributed by atoms with van der Waals surface area (Å²) < 4.78 is 0. The first kappa shape index (κ1) is 24.9. The van der Waals surface area contributed by atoms with E-state index in [2.05, 4.69) is 15.5 Å². The Morgan fingerprint density at radius 1 is 1.09 bits per heavy atom. The van der Waals surface area contributed by atoms with Crippen LogP contribution in [0.1, 0.15) is 54.4 Å².